The van der Waals surface area contributed by atoms with Crippen molar-refractivity contribution in [2.24, 2.45) is 5.92 Å². The number of para-hydroxylation sites is 2. The van der Waals surface area contributed by atoms with Gasteiger partial charge in [0, 0.05) is 46.4 Å². The molecule has 0 saturated carbocycles. The van der Waals surface area contributed by atoms with Crippen molar-refractivity contribution in [3.63, 3.8) is 0 Å². The first kappa shape index (κ1) is 18.0. The lowest BCUT2D eigenvalue weighted by Crippen LogP contribution is -2.52. The van der Waals surface area contributed by atoms with E-state index in [9.17, 15) is 9.90 Å². The largest absolute Gasteiger partial charge is 0.506 e. The third kappa shape index (κ3) is 4.44. The second kappa shape index (κ2) is 8.54. The summed E-state index contributed by atoms with van der Waals surface area (Å²) in [5.41, 5.74) is 0.859. The predicted molar refractivity (Wildman–Crippen MR) is 97.9 cm³/mol. The molecule has 0 unspecified atom stereocenters. The molecule has 2 saturated heterocycles. The lowest BCUT2D eigenvalue weighted by atomic mass is 9.96. The zero-order valence-electron chi connectivity index (χ0n) is 15.1. The second-order valence-corrected chi connectivity index (χ2v) is 6.93. The van der Waals surface area contributed by atoms with Gasteiger partial charge in [0.25, 0.3) is 0 Å². The van der Waals surface area contributed by atoms with E-state index in [-0.39, 0.29) is 5.92 Å². The van der Waals surface area contributed by atoms with E-state index >= 15 is 0 Å². The Morgan fingerprint density at radius 1 is 1.20 bits per heavy atom. The number of carbonyl (C=O) groups is 1. The molecule has 2 heterocycles. The van der Waals surface area contributed by atoms with E-state index in [0.717, 1.165) is 70.9 Å². The Kier molecular flexibility index (Phi) is 6.15. The van der Waals surface area contributed by atoms with Crippen LogP contribution in [0.4, 0.5) is 5.69 Å². The van der Waals surface area contributed by atoms with Crippen LogP contribution in [0.2, 0.25) is 0 Å². The standard InChI is InChI=1S/C19H29N3O3/c1-25-14-13-20-8-4-5-16(15-20)19(24)22-11-9-21(10-12-22)17-6-2-3-7-18(17)23/h2-3,6-7,16,23H,4-5,8-15H2,1H3/t16-/m0/s1. The first-order valence-electron chi connectivity index (χ1n) is 9.22. The molecular weight excluding hydrogens is 318 g/mol. The molecule has 1 amide bonds. The van der Waals surface area contributed by atoms with Crippen molar-refractivity contribution in [1.82, 2.24) is 9.80 Å². The molecule has 2 fully saturated rings. The van der Waals surface area contributed by atoms with Crippen LogP contribution in [0, 0.1) is 5.92 Å². The number of nitrogens with zero attached hydrogens (tertiary/aromatic N) is 3. The molecule has 0 aromatic heterocycles. The molecule has 0 radical (unpaired) electrons. The number of hydrogen-bond acceptors (Lipinski definition) is 5. The van der Waals surface area contributed by atoms with Gasteiger partial charge in [-0.1, -0.05) is 12.1 Å². The number of aromatic hydroxyl groups is 1. The van der Waals surface area contributed by atoms with E-state index in [0.29, 0.717) is 11.7 Å². The zero-order valence-corrected chi connectivity index (χ0v) is 15.1. The molecule has 6 nitrogen and oxygen atoms in total. The molecule has 1 aromatic rings. The molecule has 138 valence electrons. The Bertz CT molecular complexity index is 573. The molecule has 25 heavy (non-hydrogen) atoms. The summed E-state index contributed by atoms with van der Waals surface area (Å²) in [6.07, 6.45) is 2.07. The number of likely N-dealkylation sites (tertiary alicyclic amines) is 1. The zero-order chi connectivity index (χ0) is 17.6. The molecule has 1 N–H and O–H groups in total. The molecule has 0 spiro atoms. The molecule has 2 aliphatic heterocycles. The number of carbonyl (C=O) groups excluding carboxylic acids is 1. The second-order valence-electron chi connectivity index (χ2n) is 6.93. The summed E-state index contributed by atoms with van der Waals surface area (Å²) in [5.74, 6) is 0.713. The van der Waals surface area contributed by atoms with E-state index in [1.165, 1.54) is 0 Å². The van der Waals surface area contributed by atoms with Gasteiger partial charge in [0.15, 0.2) is 0 Å². The first-order valence-corrected chi connectivity index (χ1v) is 9.22. The minimum absolute atomic E-state index is 0.113. The number of methoxy groups -OCH3 is 1. The van der Waals surface area contributed by atoms with Crippen molar-refractivity contribution in [3.8, 4) is 5.75 Å². The lowest BCUT2D eigenvalue weighted by Gasteiger charge is -2.39. The quantitative estimate of drug-likeness (QED) is 0.873. The smallest absolute Gasteiger partial charge is 0.227 e. The summed E-state index contributed by atoms with van der Waals surface area (Å²) in [7, 11) is 1.72. The summed E-state index contributed by atoms with van der Waals surface area (Å²) >= 11 is 0. The summed E-state index contributed by atoms with van der Waals surface area (Å²) in [6, 6.07) is 7.41. The fourth-order valence-corrected chi connectivity index (χ4v) is 3.84. The molecule has 2 aliphatic rings. The average Bonchev–Trinajstić information content (AvgIpc) is 2.66. The first-order chi connectivity index (χ1) is 12.2. The molecule has 3 rings (SSSR count). The number of ether oxygens (including phenoxy) is 1. The van der Waals surface area contributed by atoms with Crippen molar-refractivity contribution < 1.29 is 14.6 Å². The third-order valence-electron chi connectivity index (χ3n) is 5.28. The van der Waals surface area contributed by atoms with Crippen LogP contribution in [-0.4, -0.2) is 80.3 Å². The fourth-order valence-electron chi connectivity index (χ4n) is 3.84. The summed E-state index contributed by atoms with van der Waals surface area (Å²) in [5, 5.41) is 10.0. The van der Waals surface area contributed by atoms with Crippen molar-refractivity contribution in [2.45, 2.75) is 12.8 Å². The number of amides is 1. The molecule has 1 aromatic carbocycles. The third-order valence-corrected chi connectivity index (χ3v) is 5.28. The average molecular weight is 347 g/mol. The molecule has 6 heteroatoms. The Hall–Kier alpha value is -1.79. The molecule has 0 aliphatic carbocycles. The number of rotatable bonds is 5. The highest BCUT2D eigenvalue weighted by atomic mass is 16.5. The minimum atomic E-state index is 0.113. The normalized spacial score (nSPS) is 22.2. The van der Waals surface area contributed by atoms with Crippen molar-refractivity contribution >= 4 is 11.6 Å². The maximum absolute atomic E-state index is 12.9. The fraction of sp³-hybridized carbons (Fsp3) is 0.632. The van der Waals surface area contributed by atoms with Crippen molar-refractivity contribution in [1.29, 1.82) is 0 Å². The molecular formula is C19H29N3O3. The van der Waals surface area contributed by atoms with Gasteiger partial charge in [0.2, 0.25) is 5.91 Å². The van der Waals surface area contributed by atoms with Gasteiger partial charge in [-0.3, -0.25) is 4.79 Å². The van der Waals surface area contributed by atoms with Crippen LogP contribution in [0.25, 0.3) is 0 Å². The van der Waals surface area contributed by atoms with Crippen LogP contribution in [0.3, 0.4) is 0 Å². The number of piperidine rings is 1. The Morgan fingerprint density at radius 3 is 2.68 bits per heavy atom. The number of benzene rings is 1. The van der Waals surface area contributed by atoms with Crippen LogP contribution in [0.5, 0.6) is 5.75 Å². The van der Waals surface area contributed by atoms with Crippen LogP contribution in [0.1, 0.15) is 12.8 Å². The van der Waals surface area contributed by atoms with Crippen molar-refractivity contribution in [3.05, 3.63) is 24.3 Å². The summed E-state index contributed by atoms with van der Waals surface area (Å²) < 4.78 is 5.16. The predicted octanol–water partition coefficient (Wildman–Crippen LogP) is 1.40. The Labute approximate surface area is 150 Å². The van der Waals surface area contributed by atoms with Crippen molar-refractivity contribution in [2.75, 3.05) is 64.4 Å². The number of phenolic OH excluding ortho intramolecular Hbond substituents is 1. The lowest BCUT2D eigenvalue weighted by molar-refractivity contribution is -0.137. The highest BCUT2D eigenvalue weighted by molar-refractivity contribution is 5.79. The summed E-state index contributed by atoms with van der Waals surface area (Å²) in [6.45, 7) is 6.52. The molecule has 0 bridgehead atoms. The number of anilines is 1. The van der Waals surface area contributed by atoms with Crippen LogP contribution in [0.15, 0.2) is 24.3 Å². The monoisotopic (exact) mass is 347 g/mol. The molecule has 1 atom stereocenters. The van der Waals surface area contributed by atoms with Gasteiger partial charge in [-0.05, 0) is 31.5 Å². The van der Waals surface area contributed by atoms with Crippen LogP contribution < -0.4 is 4.90 Å². The minimum Gasteiger partial charge on any atom is -0.506 e. The van der Waals surface area contributed by atoms with Gasteiger partial charge in [0.05, 0.1) is 18.2 Å². The van der Waals surface area contributed by atoms with Gasteiger partial charge >= 0.3 is 0 Å². The van der Waals surface area contributed by atoms with Crippen LogP contribution in [-0.2, 0) is 9.53 Å². The van der Waals surface area contributed by atoms with E-state index in [4.69, 9.17) is 4.74 Å². The van der Waals surface area contributed by atoms with E-state index in [1.54, 1.807) is 13.2 Å². The summed E-state index contributed by atoms with van der Waals surface area (Å²) in [4.78, 5) is 19.4. The SMILES string of the molecule is COCCN1CCC[C@H](C(=O)N2CCN(c3ccccc3O)CC2)C1. The van der Waals surface area contributed by atoms with Crippen LogP contribution >= 0.6 is 0 Å². The maximum atomic E-state index is 12.9. The maximum Gasteiger partial charge on any atom is 0.227 e. The Balaban J connectivity index is 1.52. The van der Waals surface area contributed by atoms with Gasteiger partial charge in [-0.25, -0.2) is 0 Å². The topological polar surface area (TPSA) is 56.2 Å². The van der Waals surface area contributed by atoms with Gasteiger partial charge < -0.3 is 24.5 Å². The van der Waals surface area contributed by atoms with Gasteiger partial charge in [-0.15, -0.1) is 0 Å². The van der Waals surface area contributed by atoms with E-state index in [1.807, 2.05) is 23.1 Å². The van der Waals surface area contributed by atoms with Gasteiger partial charge in [-0.2, -0.15) is 0 Å². The number of phenols is 1. The number of piperazine rings is 1. The number of hydrogen-bond donors (Lipinski definition) is 1. The van der Waals surface area contributed by atoms with E-state index < -0.39 is 0 Å². The highest BCUT2D eigenvalue weighted by Gasteiger charge is 2.31. The van der Waals surface area contributed by atoms with Gasteiger partial charge in [0.1, 0.15) is 5.75 Å². The Morgan fingerprint density at radius 2 is 1.96 bits per heavy atom. The van der Waals surface area contributed by atoms with E-state index in [2.05, 4.69) is 9.80 Å². The highest BCUT2D eigenvalue weighted by Crippen LogP contribution is 2.28.